The minimum absolute atomic E-state index is 0.0581. The topological polar surface area (TPSA) is 88.5 Å². The fraction of sp³-hybridized carbons (Fsp3) is 0.0800. The van der Waals surface area contributed by atoms with Gasteiger partial charge in [-0.1, -0.05) is 72.8 Å². The number of hydrogen-bond donors (Lipinski definition) is 2. The van der Waals surface area contributed by atoms with E-state index in [1.165, 1.54) is 0 Å². The highest BCUT2D eigenvalue weighted by atomic mass is 16.5. The Kier molecular flexibility index (Phi) is 4.59. The molecule has 1 aliphatic rings. The molecule has 1 heterocycles. The SMILES string of the molecule is O=C(Nc1cc2ccccc2c(C(=O)O)n1)OCC1c2ccccc2-c2ccccc21. The lowest BCUT2D eigenvalue weighted by Gasteiger charge is -2.14. The molecule has 1 aliphatic carbocycles. The number of benzene rings is 3. The standard InChI is InChI=1S/C25H18N2O4/c28-24(29)23-16-8-2-1-7-15(16)13-22(26-23)27-25(30)31-14-21-19-11-5-3-9-17(19)18-10-4-6-12-20(18)21/h1-13,21H,14H2,(H,28,29)(H,26,27,30). The van der Waals surface area contributed by atoms with Crippen molar-refractivity contribution in [1.29, 1.82) is 0 Å². The molecule has 0 unspecified atom stereocenters. The van der Waals surface area contributed by atoms with Gasteiger partial charge in [-0.3, -0.25) is 5.32 Å². The Morgan fingerprint density at radius 3 is 2.19 bits per heavy atom. The second-order valence-electron chi connectivity index (χ2n) is 7.33. The Balaban J connectivity index is 1.36. The van der Waals surface area contributed by atoms with Crippen molar-refractivity contribution in [1.82, 2.24) is 4.98 Å². The normalized spacial score (nSPS) is 12.3. The quantitative estimate of drug-likeness (QED) is 0.477. The van der Waals surface area contributed by atoms with Gasteiger partial charge in [0, 0.05) is 11.3 Å². The number of carboxylic acid groups (broad SMARTS) is 1. The Morgan fingerprint density at radius 1 is 0.903 bits per heavy atom. The molecule has 1 amide bonds. The number of pyridine rings is 1. The number of nitrogens with one attached hydrogen (secondary N) is 1. The first kappa shape index (κ1) is 18.8. The van der Waals surface area contributed by atoms with Gasteiger partial charge in [0.05, 0.1) is 0 Å². The van der Waals surface area contributed by atoms with Crippen LogP contribution in [0.1, 0.15) is 27.5 Å². The summed E-state index contributed by atoms with van der Waals surface area (Å²) in [6, 6.07) is 24.8. The van der Waals surface area contributed by atoms with Gasteiger partial charge in [0.2, 0.25) is 0 Å². The number of fused-ring (bicyclic) bond motifs is 4. The second-order valence-corrected chi connectivity index (χ2v) is 7.33. The summed E-state index contributed by atoms with van der Waals surface area (Å²) in [6.07, 6.45) is -0.680. The molecule has 0 atom stereocenters. The van der Waals surface area contributed by atoms with Crippen molar-refractivity contribution in [3.05, 3.63) is 95.7 Å². The van der Waals surface area contributed by atoms with E-state index in [1.807, 2.05) is 36.4 Å². The first-order valence-electron chi connectivity index (χ1n) is 9.87. The van der Waals surface area contributed by atoms with E-state index in [4.69, 9.17) is 4.74 Å². The number of nitrogens with zero attached hydrogens (tertiary/aromatic N) is 1. The molecular weight excluding hydrogens is 392 g/mol. The predicted molar refractivity (Wildman–Crippen MR) is 117 cm³/mol. The summed E-state index contributed by atoms with van der Waals surface area (Å²) in [7, 11) is 0. The van der Waals surface area contributed by atoms with Gasteiger partial charge in [-0.25, -0.2) is 14.6 Å². The number of hydrogen-bond acceptors (Lipinski definition) is 4. The summed E-state index contributed by atoms with van der Waals surface area (Å²) in [5.74, 6) is -1.09. The number of carbonyl (C=O) groups excluding carboxylic acids is 1. The first-order valence-corrected chi connectivity index (χ1v) is 9.87. The molecule has 0 saturated heterocycles. The maximum absolute atomic E-state index is 12.5. The number of ether oxygens (including phenoxy) is 1. The summed E-state index contributed by atoms with van der Waals surface area (Å²) >= 11 is 0. The number of anilines is 1. The average Bonchev–Trinajstić information content (AvgIpc) is 3.11. The van der Waals surface area contributed by atoms with Gasteiger partial charge in [-0.05, 0) is 33.7 Å². The van der Waals surface area contributed by atoms with Crippen LogP contribution in [0.5, 0.6) is 0 Å². The first-order chi connectivity index (χ1) is 15.1. The van der Waals surface area contributed by atoms with Gasteiger partial charge in [0.25, 0.3) is 0 Å². The smallest absolute Gasteiger partial charge is 0.412 e. The zero-order chi connectivity index (χ0) is 21.4. The Morgan fingerprint density at radius 2 is 1.52 bits per heavy atom. The van der Waals surface area contributed by atoms with Crippen LogP contribution in [-0.4, -0.2) is 28.8 Å². The van der Waals surface area contributed by atoms with Crippen molar-refractivity contribution in [2.24, 2.45) is 0 Å². The van der Waals surface area contributed by atoms with Gasteiger partial charge >= 0.3 is 12.1 Å². The van der Waals surface area contributed by atoms with Crippen molar-refractivity contribution in [3.8, 4) is 11.1 Å². The Bertz CT molecular complexity index is 1290. The van der Waals surface area contributed by atoms with Gasteiger partial charge in [0.15, 0.2) is 5.69 Å². The van der Waals surface area contributed by atoms with Crippen LogP contribution < -0.4 is 5.32 Å². The molecule has 31 heavy (non-hydrogen) atoms. The van der Waals surface area contributed by atoms with Gasteiger partial charge in [-0.15, -0.1) is 0 Å². The fourth-order valence-corrected chi connectivity index (χ4v) is 4.16. The molecule has 0 saturated carbocycles. The van der Waals surface area contributed by atoms with Gasteiger partial charge in [-0.2, -0.15) is 0 Å². The third-order valence-electron chi connectivity index (χ3n) is 5.52. The molecule has 0 radical (unpaired) electrons. The van der Waals surface area contributed by atoms with Crippen LogP contribution in [0.15, 0.2) is 78.9 Å². The monoisotopic (exact) mass is 410 g/mol. The third kappa shape index (κ3) is 3.38. The van der Waals surface area contributed by atoms with E-state index in [1.54, 1.807) is 30.3 Å². The molecule has 0 aliphatic heterocycles. The average molecular weight is 410 g/mol. The number of amides is 1. The molecule has 6 heteroatoms. The van der Waals surface area contributed by atoms with E-state index in [-0.39, 0.29) is 24.0 Å². The van der Waals surface area contributed by atoms with Crippen LogP contribution in [0.2, 0.25) is 0 Å². The van der Waals surface area contributed by atoms with Gasteiger partial charge < -0.3 is 9.84 Å². The van der Waals surface area contributed by atoms with E-state index in [9.17, 15) is 14.7 Å². The van der Waals surface area contributed by atoms with Crippen LogP contribution in [0.25, 0.3) is 21.9 Å². The Hall–Kier alpha value is -4.19. The minimum atomic E-state index is -1.16. The molecule has 0 fully saturated rings. The lowest BCUT2D eigenvalue weighted by molar-refractivity contribution is 0.0693. The summed E-state index contributed by atoms with van der Waals surface area (Å²) in [5, 5.41) is 13.2. The number of aromatic nitrogens is 1. The zero-order valence-corrected chi connectivity index (χ0v) is 16.4. The van der Waals surface area contributed by atoms with Crippen molar-refractivity contribution >= 4 is 28.7 Å². The van der Waals surface area contributed by atoms with Crippen molar-refractivity contribution in [3.63, 3.8) is 0 Å². The van der Waals surface area contributed by atoms with Crippen LogP contribution >= 0.6 is 0 Å². The van der Waals surface area contributed by atoms with E-state index in [2.05, 4.69) is 22.4 Å². The number of aromatic carboxylic acids is 1. The summed E-state index contributed by atoms with van der Waals surface area (Å²) in [5.41, 5.74) is 4.41. The van der Waals surface area contributed by atoms with Crippen LogP contribution in [-0.2, 0) is 4.74 Å². The molecule has 6 nitrogen and oxygen atoms in total. The molecule has 2 N–H and O–H groups in total. The predicted octanol–water partition coefficient (Wildman–Crippen LogP) is 5.29. The van der Waals surface area contributed by atoms with Crippen LogP contribution in [0.3, 0.4) is 0 Å². The molecule has 0 spiro atoms. The lowest BCUT2D eigenvalue weighted by atomic mass is 9.98. The molecule has 5 rings (SSSR count). The third-order valence-corrected chi connectivity index (χ3v) is 5.52. The number of carboxylic acids is 1. The van der Waals surface area contributed by atoms with Crippen molar-refractivity contribution in [2.45, 2.75) is 5.92 Å². The van der Waals surface area contributed by atoms with E-state index >= 15 is 0 Å². The molecule has 152 valence electrons. The zero-order valence-electron chi connectivity index (χ0n) is 16.4. The molecule has 4 aromatic rings. The second kappa shape index (κ2) is 7.57. The lowest BCUT2D eigenvalue weighted by Crippen LogP contribution is -2.19. The van der Waals surface area contributed by atoms with Crippen molar-refractivity contribution in [2.75, 3.05) is 11.9 Å². The van der Waals surface area contributed by atoms with Crippen LogP contribution in [0, 0.1) is 0 Å². The van der Waals surface area contributed by atoms with E-state index in [0.717, 1.165) is 22.3 Å². The molecule has 1 aromatic heterocycles. The molecular formula is C25H18N2O4. The number of rotatable bonds is 4. The minimum Gasteiger partial charge on any atom is -0.476 e. The highest BCUT2D eigenvalue weighted by molar-refractivity contribution is 6.03. The summed E-state index contributed by atoms with van der Waals surface area (Å²) < 4.78 is 5.52. The van der Waals surface area contributed by atoms with E-state index < -0.39 is 12.1 Å². The fourth-order valence-electron chi connectivity index (χ4n) is 4.16. The maximum atomic E-state index is 12.5. The van der Waals surface area contributed by atoms with Gasteiger partial charge in [0.1, 0.15) is 12.4 Å². The highest BCUT2D eigenvalue weighted by Gasteiger charge is 2.29. The molecule has 3 aromatic carbocycles. The largest absolute Gasteiger partial charge is 0.476 e. The van der Waals surface area contributed by atoms with Crippen LogP contribution in [0.4, 0.5) is 10.6 Å². The highest BCUT2D eigenvalue weighted by Crippen LogP contribution is 2.44. The summed E-state index contributed by atoms with van der Waals surface area (Å²) in [4.78, 5) is 28.2. The number of carbonyl (C=O) groups is 2. The van der Waals surface area contributed by atoms with E-state index in [0.29, 0.717) is 10.8 Å². The summed E-state index contributed by atoms with van der Waals surface area (Å²) in [6.45, 7) is 0.166. The Labute approximate surface area is 178 Å². The maximum Gasteiger partial charge on any atom is 0.412 e. The molecule has 0 bridgehead atoms. The van der Waals surface area contributed by atoms with Crippen molar-refractivity contribution < 1.29 is 19.4 Å².